The second-order valence-electron chi connectivity index (χ2n) is 3.97. The zero-order valence-electron chi connectivity index (χ0n) is 9.32. The molecule has 0 bridgehead atoms. The number of carboxylic acid groups (broad SMARTS) is 1. The lowest BCUT2D eigenvalue weighted by Crippen LogP contribution is -2.37. The molecular weight excluding hydrogens is 212 g/mol. The molecule has 5 heteroatoms. The number of carbonyl (C=O) groups excluding carboxylic acids is 2. The molecule has 0 aliphatic heterocycles. The largest absolute Gasteiger partial charge is 0.481 e. The van der Waals surface area contributed by atoms with Gasteiger partial charge in [-0.05, 0) is 26.2 Å². The topological polar surface area (TPSA) is 80.7 Å². The van der Waals surface area contributed by atoms with Gasteiger partial charge in [-0.1, -0.05) is 0 Å². The van der Waals surface area contributed by atoms with Crippen molar-refractivity contribution in [2.24, 2.45) is 5.41 Å². The van der Waals surface area contributed by atoms with Gasteiger partial charge in [-0.2, -0.15) is 0 Å². The van der Waals surface area contributed by atoms with Gasteiger partial charge in [0.15, 0.2) is 0 Å². The molecule has 16 heavy (non-hydrogen) atoms. The average Bonchev–Trinajstić information content (AvgIpc) is 2.58. The summed E-state index contributed by atoms with van der Waals surface area (Å²) in [7, 11) is 0. The number of hydrogen-bond donors (Lipinski definition) is 1. The van der Waals surface area contributed by atoms with Crippen molar-refractivity contribution in [2.45, 2.75) is 39.0 Å². The summed E-state index contributed by atoms with van der Waals surface area (Å²) >= 11 is 0. The first kappa shape index (κ1) is 12.7. The summed E-state index contributed by atoms with van der Waals surface area (Å²) in [6, 6.07) is 0. The first-order valence-corrected chi connectivity index (χ1v) is 5.45. The highest BCUT2D eigenvalue weighted by Crippen LogP contribution is 2.40. The zero-order valence-corrected chi connectivity index (χ0v) is 9.32. The van der Waals surface area contributed by atoms with Crippen molar-refractivity contribution in [3.05, 3.63) is 0 Å². The molecule has 0 aromatic carbocycles. The molecular formula is C11H16O5. The number of ether oxygens (including phenoxy) is 1. The highest BCUT2D eigenvalue weighted by atomic mass is 16.5. The minimum Gasteiger partial charge on any atom is -0.481 e. The number of esters is 1. The van der Waals surface area contributed by atoms with Crippen molar-refractivity contribution < 1.29 is 24.2 Å². The standard InChI is InChI=1S/C11H16O5/c1-2-16-10(15)11(7-5-9(13)14)6-3-4-8(11)12/h2-7H2,1H3,(H,13,14)/t11-/m1/s1. The first-order valence-electron chi connectivity index (χ1n) is 5.45. The smallest absolute Gasteiger partial charge is 0.319 e. The predicted octanol–water partition coefficient (Wildman–Crippen LogP) is 1.15. The molecule has 0 spiro atoms. The van der Waals surface area contributed by atoms with Gasteiger partial charge in [0.05, 0.1) is 6.61 Å². The molecule has 5 nitrogen and oxygen atoms in total. The van der Waals surface area contributed by atoms with Gasteiger partial charge in [0.2, 0.25) is 0 Å². The van der Waals surface area contributed by atoms with E-state index in [1.54, 1.807) is 6.92 Å². The van der Waals surface area contributed by atoms with Crippen molar-refractivity contribution in [1.82, 2.24) is 0 Å². The van der Waals surface area contributed by atoms with Crippen molar-refractivity contribution >= 4 is 17.7 Å². The molecule has 0 aromatic heterocycles. The lowest BCUT2D eigenvalue weighted by molar-refractivity contribution is -0.159. The van der Waals surface area contributed by atoms with Gasteiger partial charge in [0, 0.05) is 12.8 Å². The number of rotatable bonds is 5. The summed E-state index contributed by atoms with van der Waals surface area (Å²) in [5.74, 6) is -1.73. The Morgan fingerprint density at radius 2 is 2.19 bits per heavy atom. The summed E-state index contributed by atoms with van der Waals surface area (Å²) in [6.45, 7) is 1.88. The molecule has 1 N–H and O–H groups in total. The van der Waals surface area contributed by atoms with E-state index in [0.29, 0.717) is 19.3 Å². The van der Waals surface area contributed by atoms with Crippen LogP contribution in [-0.2, 0) is 19.1 Å². The van der Waals surface area contributed by atoms with Crippen LogP contribution >= 0.6 is 0 Å². The van der Waals surface area contributed by atoms with Crippen LogP contribution in [0.2, 0.25) is 0 Å². The van der Waals surface area contributed by atoms with Gasteiger partial charge in [-0.25, -0.2) is 0 Å². The third-order valence-electron chi connectivity index (χ3n) is 2.97. The zero-order chi connectivity index (χ0) is 12.2. The van der Waals surface area contributed by atoms with E-state index in [9.17, 15) is 14.4 Å². The van der Waals surface area contributed by atoms with Gasteiger partial charge in [-0.15, -0.1) is 0 Å². The summed E-state index contributed by atoms with van der Waals surface area (Å²) in [6.07, 6.45) is 1.28. The maximum Gasteiger partial charge on any atom is 0.319 e. The molecule has 1 atom stereocenters. The fraction of sp³-hybridized carbons (Fsp3) is 0.727. The van der Waals surface area contributed by atoms with Crippen LogP contribution in [0.1, 0.15) is 39.0 Å². The van der Waals surface area contributed by atoms with Gasteiger partial charge in [0.25, 0.3) is 0 Å². The lowest BCUT2D eigenvalue weighted by atomic mass is 9.80. The molecule has 1 aliphatic carbocycles. The Morgan fingerprint density at radius 3 is 2.62 bits per heavy atom. The molecule has 0 aromatic rings. The number of aliphatic carboxylic acids is 1. The number of ketones is 1. The van der Waals surface area contributed by atoms with E-state index in [2.05, 4.69) is 0 Å². The van der Waals surface area contributed by atoms with E-state index in [4.69, 9.17) is 9.84 Å². The number of hydrogen-bond acceptors (Lipinski definition) is 4. The van der Waals surface area contributed by atoms with Crippen molar-refractivity contribution in [2.75, 3.05) is 6.61 Å². The van der Waals surface area contributed by atoms with E-state index < -0.39 is 17.4 Å². The van der Waals surface area contributed by atoms with Crippen LogP contribution in [0.3, 0.4) is 0 Å². The van der Waals surface area contributed by atoms with Crippen LogP contribution < -0.4 is 0 Å². The Morgan fingerprint density at radius 1 is 1.50 bits per heavy atom. The van der Waals surface area contributed by atoms with Crippen LogP contribution in [0, 0.1) is 5.41 Å². The SMILES string of the molecule is CCOC(=O)[C@@]1(CCC(=O)O)CCCC1=O. The van der Waals surface area contributed by atoms with Crippen LogP contribution in [0.15, 0.2) is 0 Å². The first-order chi connectivity index (χ1) is 7.53. The fourth-order valence-electron chi connectivity index (χ4n) is 2.10. The van der Waals surface area contributed by atoms with Crippen LogP contribution in [0.4, 0.5) is 0 Å². The molecule has 0 unspecified atom stereocenters. The van der Waals surface area contributed by atoms with Gasteiger partial charge in [-0.3, -0.25) is 14.4 Å². The number of carboxylic acids is 1. The van der Waals surface area contributed by atoms with Crippen molar-refractivity contribution in [3.8, 4) is 0 Å². The normalized spacial score (nSPS) is 24.4. The average molecular weight is 228 g/mol. The maximum absolute atomic E-state index is 11.8. The third kappa shape index (κ3) is 2.40. The van der Waals surface area contributed by atoms with Crippen molar-refractivity contribution in [1.29, 1.82) is 0 Å². The minimum absolute atomic E-state index is 0.0556. The summed E-state index contributed by atoms with van der Waals surface area (Å²) < 4.78 is 4.88. The Kier molecular flexibility index (Phi) is 4.04. The highest BCUT2D eigenvalue weighted by Gasteiger charge is 2.49. The van der Waals surface area contributed by atoms with Crippen LogP contribution in [0.5, 0.6) is 0 Å². The summed E-state index contributed by atoms with van der Waals surface area (Å²) in [5.41, 5.74) is -1.19. The van der Waals surface area contributed by atoms with Gasteiger partial charge in [0.1, 0.15) is 11.2 Å². The van der Waals surface area contributed by atoms with E-state index >= 15 is 0 Å². The number of Topliss-reactive ketones (excluding diaryl/α,β-unsaturated/α-hetero) is 1. The maximum atomic E-state index is 11.8. The number of carbonyl (C=O) groups is 3. The summed E-state index contributed by atoms with van der Waals surface area (Å²) in [4.78, 5) is 34.0. The Bertz CT molecular complexity index is 309. The predicted molar refractivity (Wildman–Crippen MR) is 54.8 cm³/mol. The molecule has 0 radical (unpaired) electrons. The highest BCUT2D eigenvalue weighted by molar-refractivity contribution is 6.05. The molecule has 1 saturated carbocycles. The molecule has 1 aliphatic rings. The molecule has 1 fully saturated rings. The minimum atomic E-state index is -1.19. The van der Waals surface area contributed by atoms with E-state index in [0.717, 1.165) is 0 Å². The molecule has 0 amide bonds. The molecule has 0 saturated heterocycles. The van der Waals surface area contributed by atoms with Crippen LogP contribution in [-0.4, -0.2) is 29.4 Å². The Hall–Kier alpha value is -1.39. The second-order valence-corrected chi connectivity index (χ2v) is 3.97. The monoisotopic (exact) mass is 228 g/mol. The summed E-state index contributed by atoms with van der Waals surface area (Å²) in [5, 5.41) is 8.62. The molecule has 1 rings (SSSR count). The lowest BCUT2D eigenvalue weighted by Gasteiger charge is -2.23. The van der Waals surface area contributed by atoms with Gasteiger partial charge >= 0.3 is 11.9 Å². The third-order valence-corrected chi connectivity index (χ3v) is 2.97. The quantitative estimate of drug-likeness (QED) is 0.564. The van der Waals surface area contributed by atoms with Crippen molar-refractivity contribution in [3.63, 3.8) is 0 Å². The van der Waals surface area contributed by atoms with E-state index in [1.165, 1.54) is 0 Å². The van der Waals surface area contributed by atoms with Gasteiger partial charge < -0.3 is 9.84 Å². The Balaban J connectivity index is 2.80. The second kappa shape index (κ2) is 5.09. The van der Waals surface area contributed by atoms with E-state index in [-0.39, 0.29) is 25.2 Å². The van der Waals surface area contributed by atoms with E-state index in [1.807, 2.05) is 0 Å². The molecule has 90 valence electrons. The molecule has 0 heterocycles. The van der Waals surface area contributed by atoms with Crippen LogP contribution in [0.25, 0.3) is 0 Å². The Labute approximate surface area is 93.8 Å². The fourth-order valence-corrected chi connectivity index (χ4v) is 2.10.